The summed E-state index contributed by atoms with van der Waals surface area (Å²) in [5.41, 5.74) is 3.38. The number of methoxy groups -OCH3 is 1. The summed E-state index contributed by atoms with van der Waals surface area (Å²) in [6.07, 6.45) is 4.33. The van der Waals surface area contributed by atoms with Crippen LogP contribution in [0.5, 0.6) is 17.4 Å². The van der Waals surface area contributed by atoms with Gasteiger partial charge in [-0.25, -0.2) is 9.78 Å². The van der Waals surface area contributed by atoms with E-state index in [0.29, 0.717) is 37.8 Å². The van der Waals surface area contributed by atoms with E-state index in [4.69, 9.17) is 18.9 Å². The van der Waals surface area contributed by atoms with E-state index < -0.39 is 12.1 Å². The Morgan fingerprint density at radius 3 is 2.68 bits per heavy atom. The van der Waals surface area contributed by atoms with Crippen LogP contribution in [0.15, 0.2) is 48.5 Å². The van der Waals surface area contributed by atoms with Crippen LogP contribution in [0.2, 0.25) is 0 Å². The van der Waals surface area contributed by atoms with Crippen LogP contribution in [-0.4, -0.2) is 73.1 Å². The van der Waals surface area contributed by atoms with Crippen LogP contribution in [0.25, 0.3) is 17.0 Å². The number of piperidine rings is 1. The van der Waals surface area contributed by atoms with Crippen molar-refractivity contribution in [2.45, 2.75) is 44.9 Å². The molecule has 0 aliphatic carbocycles. The molecule has 0 saturated carbocycles. The number of likely N-dealkylation sites (tertiary alicyclic amines) is 1. The minimum atomic E-state index is -0.727. The fraction of sp³-hybridized carbons (Fsp3) is 0.438. The fourth-order valence-corrected chi connectivity index (χ4v) is 5.38. The van der Waals surface area contributed by atoms with Crippen LogP contribution in [0.3, 0.4) is 0 Å². The van der Waals surface area contributed by atoms with E-state index in [1.165, 1.54) is 11.6 Å². The fourth-order valence-electron chi connectivity index (χ4n) is 5.38. The normalized spacial score (nSPS) is 17.5. The first kappa shape index (κ1) is 28.9. The number of benzene rings is 2. The Hall–Kier alpha value is -3.66. The number of aliphatic hydroxyl groups is 1. The van der Waals surface area contributed by atoms with Gasteiger partial charge in [0.15, 0.2) is 11.5 Å². The van der Waals surface area contributed by atoms with Crippen molar-refractivity contribution in [1.82, 2.24) is 15.2 Å². The zero-order valence-electron chi connectivity index (χ0n) is 24.0. The van der Waals surface area contributed by atoms with E-state index in [0.717, 1.165) is 60.5 Å². The Bertz CT molecular complexity index is 1400. The molecule has 2 aliphatic rings. The topological polar surface area (TPSA) is 102 Å². The molecule has 1 aromatic heterocycles. The molecule has 0 bridgehead atoms. The van der Waals surface area contributed by atoms with Crippen molar-refractivity contribution in [2.24, 2.45) is 0 Å². The standard InChI is InChI=1S/C32H39N3O6/c1-4-39-30(37)12-7-23-6-8-25(31-24(23)9-11-29(34-31)38-3)26(36)21-35-15-13-32(2,14-16-35)33-20-22-5-10-27-28(19-22)41-18-17-40-27/h5-12,19,26,33,36H,4,13-18,20-21H2,1-3H3/b12-7+. The van der Waals surface area contributed by atoms with Gasteiger partial charge in [-0.05, 0) is 75.2 Å². The van der Waals surface area contributed by atoms with Gasteiger partial charge in [-0.2, -0.15) is 0 Å². The molecule has 9 nitrogen and oxygen atoms in total. The van der Waals surface area contributed by atoms with Crippen molar-refractivity contribution < 1.29 is 28.8 Å². The highest BCUT2D eigenvalue weighted by molar-refractivity contribution is 5.95. The minimum absolute atomic E-state index is 0.00321. The predicted octanol–water partition coefficient (Wildman–Crippen LogP) is 4.27. The van der Waals surface area contributed by atoms with Crippen molar-refractivity contribution in [3.05, 3.63) is 65.2 Å². The van der Waals surface area contributed by atoms with Crippen LogP contribution in [0.1, 0.15) is 49.5 Å². The van der Waals surface area contributed by atoms with Gasteiger partial charge in [-0.15, -0.1) is 0 Å². The van der Waals surface area contributed by atoms with Gasteiger partial charge in [-0.3, -0.25) is 0 Å². The zero-order chi connectivity index (χ0) is 28.8. The van der Waals surface area contributed by atoms with Crippen LogP contribution >= 0.6 is 0 Å². The highest BCUT2D eigenvalue weighted by Crippen LogP contribution is 2.32. The molecular weight excluding hydrogens is 522 g/mol. The average molecular weight is 562 g/mol. The molecular formula is C32H39N3O6. The highest BCUT2D eigenvalue weighted by Gasteiger charge is 2.31. The van der Waals surface area contributed by atoms with Crippen LogP contribution in [0.4, 0.5) is 0 Å². The number of rotatable bonds is 10. The van der Waals surface area contributed by atoms with Crippen molar-refractivity contribution in [2.75, 3.05) is 46.6 Å². The monoisotopic (exact) mass is 561 g/mol. The predicted molar refractivity (Wildman–Crippen MR) is 157 cm³/mol. The molecule has 1 saturated heterocycles. The van der Waals surface area contributed by atoms with Crippen molar-refractivity contribution in [3.63, 3.8) is 0 Å². The molecule has 2 aliphatic heterocycles. The number of carbonyl (C=O) groups excluding carboxylic acids is 1. The van der Waals surface area contributed by atoms with E-state index in [2.05, 4.69) is 34.3 Å². The van der Waals surface area contributed by atoms with Crippen molar-refractivity contribution in [1.29, 1.82) is 0 Å². The van der Waals surface area contributed by atoms with Crippen LogP contribution in [0, 0.1) is 0 Å². The highest BCUT2D eigenvalue weighted by atomic mass is 16.6. The molecule has 3 aromatic rings. The summed E-state index contributed by atoms with van der Waals surface area (Å²) >= 11 is 0. The lowest BCUT2D eigenvalue weighted by molar-refractivity contribution is -0.137. The number of fused-ring (bicyclic) bond motifs is 2. The van der Waals surface area contributed by atoms with Gasteiger partial charge in [-0.1, -0.05) is 18.2 Å². The number of nitrogens with one attached hydrogen (secondary N) is 1. The van der Waals surface area contributed by atoms with E-state index in [1.54, 1.807) is 26.2 Å². The third-order valence-electron chi connectivity index (χ3n) is 7.87. The molecule has 9 heteroatoms. The summed E-state index contributed by atoms with van der Waals surface area (Å²) in [6.45, 7) is 8.54. The van der Waals surface area contributed by atoms with E-state index >= 15 is 0 Å². The SMILES string of the molecule is CCOC(=O)/C=C/c1ccc(C(O)CN2CCC(C)(NCc3ccc4c(c3)OCCO4)CC2)c2nc(OC)ccc12. The lowest BCUT2D eigenvalue weighted by Gasteiger charge is -2.41. The molecule has 2 aromatic carbocycles. The summed E-state index contributed by atoms with van der Waals surface area (Å²) < 4.78 is 21.7. The van der Waals surface area contributed by atoms with E-state index in [1.807, 2.05) is 24.3 Å². The molecule has 3 heterocycles. The van der Waals surface area contributed by atoms with Gasteiger partial charge in [0, 0.05) is 41.7 Å². The lowest BCUT2D eigenvalue weighted by atomic mass is 9.89. The van der Waals surface area contributed by atoms with Gasteiger partial charge < -0.3 is 34.3 Å². The summed E-state index contributed by atoms with van der Waals surface area (Å²) in [6, 6.07) is 13.6. The molecule has 1 atom stereocenters. The minimum Gasteiger partial charge on any atom is -0.486 e. The van der Waals surface area contributed by atoms with E-state index in [9.17, 15) is 9.90 Å². The molecule has 5 rings (SSSR count). The Morgan fingerprint density at radius 1 is 1.15 bits per heavy atom. The number of β-amino-alcohol motifs (C(OH)–C–C–N with tert-alkyl or cyclic N) is 1. The molecule has 0 amide bonds. The van der Waals surface area contributed by atoms with E-state index in [-0.39, 0.29) is 5.54 Å². The number of pyridine rings is 1. The maximum absolute atomic E-state index is 11.9. The second kappa shape index (κ2) is 12.9. The Balaban J connectivity index is 1.22. The van der Waals surface area contributed by atoms with Gasteiger partial charge in [0.1, 0.15) is 13.2 Å². The summed E-state index contributed by atoms with van der Waals surface area (Å²) in [5, 5.41) is 15.9. The summed E-state index contributed by atoms with van der Waals surface area (Å²) in [4.78, 5) is 18.8. The Morgan fingerprint density at radius 2 is 1.93 bits per heavy atom. The number of ether oxygens (including phenoxy) is 4. The maximum atomic E-state index is 11.9. The second-order valence-corrected chi connectivity index (χ2v) is 10.8. The first-order valence-corrected chi connectivity index (χ1v) is 14.2. The van der Waals surface area contributed by atoms with Gasteiger partial charge in [0.25, 0.3) is 0 Å². The number of carbonyl (C=O) groups is 1. The van der Waals surface area contributed by atoms with Crippen LogP contribution < -0.4 is 19.5 Å². The number of aliphatic hydroxyl groups excluding tert-OH is 1. The number of aromatic nitrogens is 1. The molecule has 0 radical (unpaired) electrons. The lowest BCUT2D eigenvalue weighted by Crippen LogP contribution is -2.51. The third kappa shape index (κ3) is 6.98. The molecule has 41 heavy (non-hydrogen) atoms. The van der Waals surface area contributed by atoms with Gasteiger partial charge in [0.05, 0.1) is 25.3 Å². The van der Waals surface area contributed by atoms with Gasteiger partial charge >= 0.3 is 5.97 Å². The quantitative estimate of drug-likeness (QED) is 0.278. The van der Waals surface area contributed by atoms with Crippen molar-refractivity contribution >= 4 is 22.9 Å². The molecule has 0 spiro atoms. The Kier molecular flexibility index (Phi) is 9.07. The van der Waals surface area contributed by atoms with Gasteiger partial charge in [0.2, 0.25) is 5.88 Å². The molecule has 2 N–H and O–H groups in total. The second-order valence-electron chi connectivity index (χ2n) is 10.8. The largest absolute Gasteiger partial charge is 0.486 e. The average Bonchev–Trinajstić information content (AvgIpc) is 2.99. The molecule has 1 unspecified atom stereocenters. The zero-order valence-corrected chi connectivity index (χ0v) is 24.0. The summed E-state index contributed by atoms with van der Waals surface area (Å²) in [7, 11) is 1.57. The third-order valence-corrected chi connectivity index (χ3v) is 7.87. The number of nitrogens with zero attached hydrogens (tertiary/aromatic N) is 2. The molecule has 218 valence electrons. The molecule has 1 fully saturated rings. The number of esters is 1. The number of hydrogen-bond donors (Lipinski definition) is 2. The van der Waals surface area contributed by atoms with Crippen LogP contribution in [-0.2, 0) is 16.1 Å². The Labute approximate surface area is 241 Å². The number of hydrogen-bond acceptors (Lipinski definition) is 9. The smallest absolute Gasteiger partial charge is 0.330 e. The summed E-state index contributed by atoms with van der Waals surface area (Å²) in [5.74, 6) is 1.69. The van der Waals surface area contributed by atoms with Crippen molar-refractivity contribution in [3.8, 4) is 17.4 Å². The maximum Gasteiger partial charge on any atom is 0.330 e. The first-order valence-electron chi connectivity index (χ1n) is 14.2. The first-order chi connectivity index (χ1) is 19.9.